The molecular formula is C10H19NO3. The number of ether oxygens (including phenoxy) is 2. The summed E-state index contributed by atoms with van der Waals surface area (Å²) in [4.78, 5) is 0. The SMILES string of the molecule is C[C@@H]1CC2(C[C@H](CO)N1)OCCCO2. The van der Waals surface area contributed by atoms with Crippen molar-refractivity contribution in [1.29, 1.82) is 0 Å². The minimum atomic E-state index is -0.420. The van der Waals surface area contributed by atoms with E-state index in [0.717, 1.165) is 32.5 Å². The Morgan fingerprint density at radius 2 is 2.07 bits per heavy atom. The quantitative estimate of drug-likeness (QED) is 0.638. The molecule has 1 spiro atoms. The highest BCUT2D eigenvalue weighted by Gasteiger charge is 2.42. The van der Waals surface area contributed by atoms with E-state index in [-0.39, 0.29) is 12.6 Å². The van der Waals surface area contributed by atoms with Gasteiger partial charge in [0.25, 0.3) is 0 Å². The lowest BCUT2D eigenvalue weighted by Gasteiger charge is -2.45. The van der Waals surface area contributed by atoms with Crippen LogP contribution in [0.25, 0.3) is 0 Å². The molecule has 0 aromatic rings. The summed E-state index contributed by atoms with van der Waals surface area (Å²) < 4.78 is 11.5. The molecule has 4 nitrogen and oxygen atoms in total. The number of hydrogen-bond donors (Lipinski definition) is 2. The van der Waals surface area contributed by atoms with Crippen LogP contribution in [0, 0.1) is 0 Å². The maximum Gasteiger partial charge on any atom is 0.171 e. The van der Waals surface area contributed by atoms with Gasteiger partial charge in [-0.3, -0.25) is 0 Å². The number of aliphatic hydroxyl groups excluding tert-OH is 1. The molecule has 0 bridgehead atoms. The van der Waals surface area contributed by atoms with E-state index in [1.165, 1.54) is 0 Å². The van der Waals surface area contributed by atoms with Crippen molar-refractivity contribution in [1.82, 2.24) is 5.32 Å². The number of piperidine rings is 1. The van der Waals surface area contributed by atoms with Crippen LogP contribution in [0.15, 0.2) is 0 Å². The Morgan fingerprint density at radius 3 is 2.71 bits per heavy atom. The molecule has 82 valence electrons. The van der Waals surface area contributed by atoms with Gasteiger partial charge >= 0.3 is 0 Å². The molecule has 2 aliphatic rings. The van der Waals surface area contributed by atoms with Crippen LogP contribution in [0.4, 0.5) is 0 Å². The molecule has 2 saturated heterocycles. The van der Waals surface area contributed by atoms with Crippen LogP contribution in [0.3, 0.4) is 0 Å². The molecule has 2 heterocycles. The molecule has 2 rings (SSSR count). The second kappa shape index (κ2) is 4.14. The van der Waals surface area contributed by atoms with Gasteiger partial charge in [0.15, 0.2) is 5.79 Å². The lowest BCUT2D eigenvalue weighted by atomic mass is 9.93. The zero-order valence-electron chi connectivity index (χ0n) is 8.66. The third kappa shape index (κ3) is 2.08. The Hall–Kier alpha value is -0.160. The summed E-state index contributed by atoms with van der Waals surface area (Å²) in [5, 5.41) is 12.5. The van der Waals surface area contributed by atoms with Crippen LogP contribution >= 0.6 is 0 Å². The first kappa shape index (κ1) is 10.4. The standard InChI is InChI=1S/C10H19NO3/c1-8-5-10(6-9(7-12)11-8)13-3-2-4-14-10/h8-9,11-12H,2-7H2,1H3/t8-,9-/m1/s1. The average molecular weight is 201 g/mol. The predicted octanol–water partition coefficient (Wildman–Crippen LogP) is 0.252. The molecule has 2 aliphatic heterocycles. The van der Waals surface area contributed by atoms with Gasteiger partial charge in [-0.1, -0.05) is 0 Å². The molecule has 0 aromatic carbocycles. The minimum absolute atomic E-state index is 0.108. The number of rotatable bonds is 1. The Kier molecular flexibility index (Phi) is 3.07. The summed E-state index contributed by atoms with van der Waals surface area (Å²) >= 11 is 0. The molecule has 2 N–H and O–H groups in total. The van der Waals surface area contributed by atoms with Gasteiger partial charge < -0.3 is 19.9 Å². The molecule has 0 aromatic heterocycles. The van der Waals surface area contributed by atoms with Crippen LogP contribution < -0.4 is 5.32 Å². The highest BCUT2D eigenvalue weighted by molar-refractivity contribution is 4.90. The second-order valence-corrected chi connectivity index (χ2v) is 4.32. The van der Waals surface area contributed by atoms with Crippen molar-refractivity contribution in [2.75, 3.05) is 19.8 Å². The van der Waals surface area contributed by atoms with Gasteiger partial charge in [0.05, 0.1) is 19.8 Å². The van der Waals surface area contributed by atoms with Gasteiger partial charge in [-0.25, -0.2) is 0 Å². The molecule has 0 radical (unpaired) electrons. The van der Waals surface area contributed by atoms with Crippen molar-refractivity contribution in [3.05, 3.63) is 0 Å². The summed E-state index contributed by atoms with van der Waals surface area (Å²) in [6.07, 6.45) is 2.62. The number of nitrogens with one attached hydrogen (secondary N) is 1. The average Bonchev–Trinajstić information content (AvgIpc) is 2.17. The molecule has 0 amide bonds. The van der Waals surface area contributed by atoms with Gasteiger partial charge in [0.2, 0.25) is 0 Å². The van der Waals surface area contributed by atoms with Crippen LogP contribution in [0.5, 0.6) is 0 Å². The fourth-order valence-corrected chi connectivity index (χ4v) is 2.42. The van der Waals surface area contributed by atoms with Crippen LogP contribution in [-0.4, -0.2) is 42.8 Å². The van der Waals surface area contributed by atoms with E-state index >= 15 is 0 Å². The first-order valence-electron chi connectivity index (χ1n) is 5.39. The molecule has 0 aliphatic carbocycles. The van der Waals surface area contributed by atoms with Gasteiger partial charge in [0.1, 0.15) is 0 Å². The van der Waals surface area contributed by atoms with E-state index in [9.17, 15) is 0 Å². The van der Waals surface area contributed by atoms with Gasteiger partial charge in [-0.05, 0) is 13.3 Å². The van der Waals surface area contributed by atoms with Crippen molar-refractivity contribution < 1.29 is 14.6 Å². The zero-order chi connectivity index (χ0) is 10.0. The predicted molar refractivity (Wildman–Crippen MR) is 52.0 cm³/mol. The summed E-state index contributed by atoms with van der Waals surface area (Å²) in [5.74, 6) is -0.420. The van der Waals surface area contributed by atoms with E-state index in [2.05, 4.69) is 12.2 Å². The summed E-state index contributed by atoms with van der Waals surface area (Å²) in [7, 11) is 0. The van der Waals surface area contributed by atoms with E-state index in [4.69, 9.17) is 14.6 Å². The van der Waals surface area contributed by atoms with E-state index < -0.39 is 5.79 Å². The molecule has 2 fully saturated rings. The van der Waals surface area contributed by atoms with Crippen LogP contribution in [0.2, 0.25) is 0 Å². The second-order valence-electron chi connectivity index (χ2n) is 4.32. The molecular weight excluding hydrogens is 182 g/mol. The van der Waals surface area contributed by atoms with Gasteiger partial charge in [-0.15, -0.1) is 0 Å². The first-order chi connectivity index (χ1) is 6.74. The molecule has 2 atom stereocenters. The highest BCUT2D eigenvalue weighted by atomic mass is 16.7. The lowest BCUT2D eigenvalue weighted by Crippen LogP contribution is -2.57. The van der Waals surface area contributed by atoms with Crippen molar-refractivity contribution in [2.45, 2.75) is 44.1 Å². The van der Waals surface area contributed by atoms with Gasteiger partial charge in [-0.2, -0.15) is 0 Å². The van der Waals surface area contributed by atoms with E-state index in [1.54, 1.807) is 0 Å². The summed E-state index contributed by atoms with van der Waals surface area (Å²) in [5.41, 5.74) is 0. The minimum Gasteiger partial charge on any atom is -0.395 e. The topological polar surface area (TPSA) is 50.7 Å². The highest BCUT2D eigenvalue weighted by Crippen LogP contribution is 2.32. The Morgan fingerprint density at radius 1 is 1.36 bits per heavy atom. The Balaban J connectivity index is 2.02. The lowest BCUT2D eigenvalue weighted by molar-refractivity contribution is -0.286. The fourth-order valence-electron chi connectivity index (χ4n) is 2.42. The monoisotopic (exact) mass is 201 g/mol. The molecule has 14 heavy (non-hydrogen) atoms. The Bertz CT molecular complexity index is 192. The fraction of sp³-hybridized carbons (Fsp3) is 1.00. The molecule has 0 unspecified atom stereocenters. The molecule has 4 heteroatoms. The van der Waals surface area contributed by atoms with Crippen molar-refractivity contribution >= 4 is 0 Å². The maximum atomic E-state index is 9.15. The zero-order valence-corrected chi connectivity index (χ0v) is 8.66. The number of aliphatic hydroxyl groups is 1. The summed E-state index contributed by atoms with van der Waals surface area (Å²) in [6, 6.07) is 0.454. The Labute approximate surface area is 84.6 Å². The largest absolute Gasteiger partial charge is 0.395 e. The third-order valence-corrected chi connectivity index (χ3v) is 2.93. The van der Waals surface area contributed by atoms with Gasteiger partial charge in [0, 0.05) is 24.9 Å². The maximum absolute atomic E-state index is 9.15. The third-order valence-electron chi connectivity index (χ3n) is 2.93. The smallest absolute Gasteiger partial charge is 0.171 e. The first-order valence-corrected chi connectivity index (χ1v) is 5.39. The molecule has 0 saturated carbocycles. The number of hydrogen-bond acceptors (Lipinski definition) is 4. The van der Waals surface area contributed by atoms with Crippen molar-refractivity contribution in [2.24, 2.45) is 0 Å². The van der Waals surface area contributed by atoms with E-state index in [0.29, 0.717) is 6.04 Å². The normalized spacial score (nSPS) is 37.3. The summed E-state index contributed by atoms with van der Waals surface area (Å²) in [6.45, 7) is 3.82. The van der Waals surface area contributed by atoms with E-state index in [1.807, 2.05) is 0 Å². The van der Waals surface area contributed by atoms with Crippen LogP contribution in [0.1, 0.15) is 26.2 Å². The van der Waals surface area contributed by atoms with Crippen LogP contribution in [-0.2, 0) is 9.47 Å². The van der Waals surface area contributed by atoms with Crippen molar-refractivity contribution in [3.8, 4) is 0 Å². The van der Waals surface area contributed by atoms with Crippen molar-refractivity contribution in [3.63, 3.8) is 0 Å².